The van der Waals surface area contributed by atoms with E-state index in [2.05, 4.69) is 21.5 Å². The molecule has 2 aromatic heterocycles. The molecule has 1 amide bonds. The second-order valence-corrected chi connectivity index (χ2v) is 8.08. The number of hydrogen-bond acceptors (Lipinski definition) is 5. The summed E-state index contributed by atoms with van der Waals surface area (Å²) in [6, 6.07) is 0.286. The highest BCUT2D eigenvalue weighted by Gasteiger charge is 2.35. The first-order valence-electron chi connectivity index (χ1n) is 8.68. The molecule has 0 spiro atoms. The molecule has 6 nitrogen and oxygen atoms in total. The van der Waals surface area contributed by atoms with Gasteiger partial charge in [-0.2, -0.15) is 0 Å². The molecule has 0 radical (unpaired) electrons. The van der Waals surface area contributed by atoms with Gasteiger partial charge in [0.05, 0.1) is 17.9 Å². The lowest BCUT2D eigenvalue weighted by molar-refractivity contribution is -0.123. The first kappa shape index (κ1) is 13.8. The van der Waals surface area contributed by atoms with Crippen molar-refractivity contribution >= 4 is 27.3 Å². The monoisotopic (exact) mass is 331 g/mol. The van der Waals surface area contributed by atoms with Crippen LogP contribution in [0.15, 0.2) is 6.20 Å². The maximum atomic E-state index is 11.8. The fourth-order valence-corrected chi connectivity index (χ4v) is 4.55. The summed E-state index contributed by atoms with van der Waals surface area (Å²) < 4.78 is 1.93. The molecule has 122 valence electrons. The molecule has 5 rings (SSSR count). The van der Waals surface area contributed by atoms with E-state index >= 15 is 0 Å². The van der Waals surface area contributed by atoms with E-state index in [1.165, 1.54) is 31.4 Å². The Morgan fingerprint density at radius 2 is 2.00 bits per heavy atom. The van der Waals surface area contributed by atoms with Crippen LogP contribution in [0.3, 0.4) is 0 Å². The largest absolute Gasteiger partial charge is 0.350 e. The number of anilines is 1. The van der Waals surface area contributed by atoms with Crippen molar-refractivity contribution < 1.29 is 4.79 Å². The summed E-state index contributed by atoms with van der Waals surface area (Å²) in [5.74, 6) is 1.17. The summed E-state index contributed by atoms with van der Waals surface area (Å²) in [6.07, 6.45) is 9.44. The van der Waals surface area contributed by atoms with Crippen LogP contribution in [-0.2, 0) is 4.79 Å². The van der Waals surface area contributed by atoms with E-state index < -0.39 is 0 Å². The predicted octanol–water partition coefficient (Wildman–Crippen LogP) is 2.16. The number of carbonyl (C=O) groups excluding carboxylic acids is 1. The minimum Gasteiger partial charge on any atom is -0.350 e. The van der Waals surface area contributed by atoms with Gasteiger partial charge in [0.25, 0.3) is 0 Å². The lowest BCUT2D eigenvalue weighted by atomic mass is 10.1. The number of amides is 1. The quantitative estimate of drug-likeness (QED) is 0.932. The molecular weight excluding hydrogens is 310 g/mol. The summed E-state index contributed by atoms with van der Waals surface area (Å²) in [4.78, 5) is 19.8. The number of carbonyl (C=O) groups is 1. The molecule has 3 fully saturated rings. The molecule has 2 aromatic rings. The molecular formula is C16H21N5OS. The van der Waals surface area contributed by atoms with Crippen LogP contribution in [0.25, 0.3) is 4.96 Å². The number of nitrogens with zero attached hydrogens (tertiary/aromatic N) is 4. The summed E-state index contributed by atoms with van der Waals surface area (Å²) in [5.41, 5.74) is 1.21. The predicted molar refractivity (Wildman–Crippen MR) is 88.9 cm³/mol. The van der Waals surface area contributed by atoms with Crippen molar-refractivity contribution in [1.82, 2.24) is 19.9 Å². The van der Waals surface area contributed by atoms with Crippen LogP contribution in [-0.4, -0.2) is 39.6 Å². The van der Waals surface area contributed by atoms with E-state index in [0.29, 0.717) is 11.8 Å². The molecule has 0 atom stereocenters. The minimum absolute atomic E-state index is 0.241. The van der Waals surface area contributed by atoms with E-state index in [0.717, 1.165) is 36.0 Å². The summed E-state index contributed by atoms with van der Waals surface area (Å²) in [7, 11) is 0. The molecule has 1 N–H and O–H groups in total. The van der Waals surface area contributed by atoms with Gasteiger partial charge in [0, 0.05) is 24.9 Å². The van der Waals surface area contributed by atoms with Crippen molar-refractivity contribution in [2.24, 2.45) is 5.92 Å². The molecule has 7 heteroatoms. The third kappa shape index (κ3) is 2.51. The second kappa shape index (κ2) is 5.19. The third-order valence-corrected chi connectivity index (χ3v) is 6.25. The van der Waals surface area contributed by atoms with Crippen molar-refractivity contribution in [1.29, 1.82) is 0 Å². The van der Waals surface area contributed by atoms with Gasteiger partial charge in [-0.25, -0.2) is 9.50 Å². The van der Waals surface area contributed by atoms with E-state index in [4.69, 9.17) is 4.98 Å². The van der Waals surface area contributed by atoms with E-state index in [1.807, 2.05) is 4.52 Å². The van der Waals surface area contributed by atoms with Crippen molar-refractivity contribution in [3.8, 4) is 0 Å². The Morgan fingerprint density at radius 3 is 2.70 bits per heavy atom. The average Bonchev–Trinajstić information content (AvgIpc) is 2.91. The van der Waals surface area contributed by atoms with Crippen molar-refractivity contribution in [2.75, 3.05) is 18.0 Å². The van der Waals surface area contributed by atoms with Crippen molar-refractivity contribution in [2.45, 2.75) is 50.5 Å². The number of aromatic nitrogens is 3. The highest BCUT2D eigenvalue weighted by molar-refractivity contribution is 7.20. The molecule has 2 saturated carbocycles. The second-order valence-electron chi connectivity index (χ2n) is 7.14. The smallest absolute Gasteiger partial charge is 0.223 e. The van der Waals surface area contributed by atoms with Crippen LogP contribution in [0.4, 0.5) is 5.13 Å². The van der Waals surface area contributed by atoms with Gasteiger partial charge in [0.15, 0.2) is 0 Å². The lowest BCUT2D eigenvalue weighted by Gasteiger charge is -2.39. The molecule has 0 bridgehead atoms. The summed E-state index contributed by atoms with van der Waals surface area (Å²) in [6.45, 7) is 1.73. The average molecular weight is 331 g/mol. The fraction of sp³-hybridized carbons (Fsp3) is 0.688. The zero-order valence-corrected chi connectivity index (χ0v) is 13.9. The Kier molecular flexibility index (Phi) is 3.11. The molecule has 0 unspecified atom stereocenters. The molecule has 0 aromatic carbocycles. The van der Waals surface area contributed by atoms with Crippen LogP contribution in [0, 0.1) is 5.92 Å². The van der Waals surface area contributed by atoms with Gasteiger partial charge in [0.1, 0.15) is 0 Å². The Balaban J connectivity index is 1.23. The Bertz CT molecular complexity index is 705. The van der Waals surface area contributed by atoms with E-state index in [-0.39, 0.29) is 11.9 Å². The van der Waals surface area contributed by atoms with Gasteiger partial charge < -0.3 is 10.2 Å². The van der Waals surface area contributed by atoms with Crippen LogP contribution in [0.2, 0.25) is 0 Å². The van der Waals surface area contributed by atoms with Gasteiger partial charge in [0.2, 0.25) is 16.0 Å². The van der Waals surface area contributed by atoms with Crippen LogP contribution in [0.5, 0.6) is 0 Å². The topological polar surface area (TPSA) is 62.5 Å². The molecule has 1 aliphatic heterocycles. The van der Waals surface area contributed by atoms with Crippen molar-refractivity contribution in [3.63, 3.8) is 0 Å². The van der Waals surface area contributed by atoms with Gasteiger partial charge in [-0.15, -0.1) is 5.10 Å². The van der Waals surface area contributed by atoms with Gasteiger partial charge in [-0.1, -0.05) is 24.2 Å². The fourth-order valence-electron chi connectivity index (χ4n) is 3.64. The number of fused-ring (bicyclic) bond motifs is 1. The molecule has 1 saturated heterocycles. The van der Waals surface area contributed by atoms with Gasteiger partial charge >= 0.3 is 0 Å². The zero-order chi connectivity index (χ0) is 15.4. The summed E-state index contributed by atoms with van der Waals surface area (Å²) in [5, 5.41) is 8.82. The number of hydrogen-bond donors (Lipinski definition) is 1. The molecule has 3 aliphatic rings. The summed E-state index contributed by atoms with van der Waals surface area (Å²) >= 11 is 1.65. The Hall–Kier alpha value is -1.63. The maximum Gasteiger partial charge on any atom is 0.223 e. The Morgan fingerprint density at radius 1 is 1.22 bits per heavy atom. The zero-order valence-electron chi connectivity index (χ0n) is 13.1. The highest BCUT2D eigenvalue weighted by Crippen LogP contribution is 2.35. The third-order valence-electron chi connectivity index (χ3n) is 5.27. The van der Waals surface area contributed by atoms with E-state index in [9.17, 15) is 4.79 Å². The minimum atomic E-state index is 0.241. The van der Waals surface area contributed by atoms with Gasteiger partial charge in [-0.3, -0.25) is 4.79 Å². The Labute approximate surface area is 138 Å². The standard InChI is InChI=1S/C16H21N5OS/c22-14(11-5-6-11)17-12-7-20(8-12)16-19-21-9-13(18-15(21)23-16)10-3-1-2-4-10/h9-12H,1-8H2,(H,17,22). The SMILES string of the molecule is O=C(NC1CN(c2nn3cc(C4CCCC4)nc3s2)C1)C1CC1. The molecule has 2 aliphatic carbocycles. The van der Waals surface area contributed by atoms with Crippen LogP contribution < -0.4 is 10.2 Å². The molecule has 3 heterocycles. The first-order valence-corrected chi connectivity index (χ1v) is 9.49. The van der Waals surface area contributed by atoms with E-state index in [1.54, 1.807) is 11.3 Å². The maximum absolute atomic E-state index is 11.8. The first-order chi connectivity index (χ1) is 11.3. The van der Waals surface area contributed by atoms with Crippen LogP contribution >= 0.6 is 11.3 Å². The normalized spacial score (nSPS) is 22.7. The van der Waals surface area contributed by atoms with Crippen LogP contribution in [0.1, 0.15) is 50.1 Å². The lowest BCUT2D eigenvalue weighted by Crippen LogP contribution is -2.59. The number of rotatable bonds is 4. The highest BCUT2D eigenvalue weighted by atomic mass is 32.1. The van der Waals surface area contributed by atoms with Crippen molar-refractivity contribution in [3.05, 3.63) is 11.9 Å². The molecule has 23 heavy (non-hydrogen) atoms. The van der Waals surface area contributed by atoms with Gasteiger partial charge in [-0.05, 0) is 25.7 Å². The number of nitrogens with one attached hydrogen (secondary N) is 1. The number of imidazole rings is 1.